The van der Waals surface area contributed by atoms with E-state index in [1.54, 1.807) is 0 Å². The molecule has 0 radical (unpaired) electrons. The van der Waals surface area contributed by atoms with Crippen LogP contribution >= 0.6 is 0 Å². The zero-order chi connectivity index (χ0) is 15.1. The summed E-state index contributed by atoms with van der Waals surface area (Å²) in [6.45, 7) is 4.35. The normalized spacial score (nSPS) is 12.3. The number of hydrogen-bond acceptors (Lipinski definition) is 3. The summed E-state index contributed by atoms with van der Waals surface area (Å²) < 4.78 is 5.16. The second-order valence-corrected chi connectivity index (χ2v) is 5.75. The minimum absolute atomic E-state index is 0.128. The molecule has 0 saturated carbocycles. The Morgan fingerprint density at radius 2 is 1.35 bits per heavy atom. The SMILES string of the molecule is CCCCCCCCCCCC(=O)OC(N)CCCC. The highest BCUT2D eigenvalue weighted by Gasteiger charge is 2.08. The fourth-order valence-corrected chi connectivity index (χ4v) is 2.27. The van der Waals surface area contributed by atoms with Gasteiger partial charge in [0.1, 0.15) is 0 Å². The van der Waals surface area contributed by atoms with E-state index < -0.39 is 6.23 Å². The predicted octanol–water partition coefficient (Wildman–Crippen LogP) is 4.93. The Labute approximate surface area is 125 Å². The van der Waals surface area contributed by atoms with Crippen molar-refractivity contribution >= 4 is 5.97 Å². The first-order valence-electron chi connectivity index (χ1n) is 8.65. The van der Waals surface area contributed by atoms with E-state index in [9.17, 15) is 4.79 Å². The van der Waals surface area contributed by atoms with E-state index in [1.807, 2.05) is 0 Å². The standard InChI is InChI=1S/C17H35NO2/c1-3-5-7-8-9-10-11-12-13-15-17(19)20-16(18)14-6-4-2/h16H,3-15,18H2,1-2H3. The molecule has 2 N–H and O–H groups in total. The first kappa shape index (κ1) is 19.4. The quantitative estimate of drug-likeness (QED) is 0.280. The lowest BCUT2D eigenvalue weighted by Crippen LogP contribution is -2.26. The van der Waals surface area contributed by atoms with Gasteiger partial charge in [-0.25, -0.2) is 0 Å². The first-order valence-corrected chi connectivity index (χ1v) is 8.65. The highest BCUT2D eigenvalue weighted by Crippen LogP contribution is 2.11. The van der Waals surface area contributed by atoms with E-state index in [1.165, 1.54) is 44.9 Å². The van der Waals surface area contributed by atoms with Crippen LogP contribution in [0.1, 0.15) is 97.3 Å². The Kier molecular flexibility index (Phi) is 14.4. The maximum Gasteiger partial charge on any atom is 0.307 e. The van der Waals surface area contributed by atoms with Crippen molar-refractivity contribution in [2.45, 2.75) is 104 Å². The minimum Gasteiger partial charge on any atom is -0.447 e. The Bertz CT molecular complexity index is 219. The number of hydrogen-bond donors (Lipinski definition) is 1. The molecule has 0 aliphatic heterocycles. The number of ether oxygens (including phenoxy) is 1. The van der Waals surface area contributed by atoms with E-state index >= 15 is 0 Å². The van der Waals surface area contributed by atoms with Gasteiger partial charge < -0.3 is 4.74 Å². The molecule has 3 nitrogen and oxygen atoms in total. The van der Waals surface area contributed by atoms with Gasteiger partial charge in [0.15, 0.2) is 6.23 Å². The summed E-state index contributed by atoms with van der Waals surface area (Å²) in [7, 11) is 0. The molecule has 0 bridgehead atoms. The molecule has 1 unspecified atom stereocenters. The highest BCUT2D eigenvalue weighted by atomic mass is 16.6. The van der Waals surface area contributed by atoms with E-state index in [0.29, 0.717) is 6.42 Å². The van der Waals surface area contributed by atoms with E-state index in [2.05, 4.69) is 13.8 Å². The molecule has 0 aliphatic carbocycles. The molecule has 0 saturated heterocycles. The molecule has 20 heavy (non-hydrogen) atoms. The minimum atomic E-state index is -0.402. The van der Waals surface area contributed by atoms with Crippen molar-refractivity contribution < 1.29 is 9.53 Å². The van der Waals surface area contributed by atoms with Crippen LogP contribution < -0.4 is 5.73 Å². The summed E-state index contributed by atoms with van der Waals surface area (Å²) >= 11 is 0. The lowest BCUT2D eigenvalue weighted by atomic mass is 10.1. The summed E-state index contributed by atoms with van der Waals surface area (Å²) in [5, 5.41) is 0. The molecule has 1 atom stereocenters. The fourth-order valence-electron chi connectivity index (χ4n) is 2.27. The van der Waals surface area contributed by atoms with Crippen LogP contribution in [0.2, 0.25) is 0 Å². The van der Waals surface area contributed by atoms with Gasteiger partial charge >= 0.3 is 5.97 Å². The molecule has 0 rings (SSSR count). The molecule has 0 aromatic heterocycles. The predicted molar refractivity (Wildman–Crippen MR) is 85.4 cm³/mol. The number of esters is 1. The first-order chi connectivity index (χ1) is 9.70. The van der Waals surface area contributed by atoms with Crippen molar-refractivity contribution in [1.29, 1.82) is 0 Å². The van der Waals surface area contributed by atoms with Crippen LogP contribution in [0.25, 0.3) is 0 Å². The molecule has 0 amide bonds. The van der Waals surface area contributed by atoms with Crippen LogP contribution in [0.4, 0.5) is 0 Å². The molecular formula is C17H35NO2. The molecule has 0 aromatic rings. The van der Waals surface area contributed by atoms with Gasteiger partial charge in [0.2, 0.25) is 0 Å². The van der Waals surface area contributed by atoms with Crippen molar-refractivity contribution in [1.82, 2.24) is 0 Å². The van der Waals surface area contributed by atoms with Gasteiger partial charge in [-0.2, -0.15) is 0 Å². The van der Waals surface area contributed by atoms with Crippen molar-refractivity contribution in [3.05, 3.63) is 0 Å². The maximum atomic E-state index is 11.5. The molecule has 0 aromatic carbocycles. The zero-order valence-corrected chi connectivity index (χ0v) is 13.7. The van der Waals surface area contributed by atoms with Gasteiger partial charge in [-0.05, 0) is 19.3 Å². The average Bonchev–Trinajstić information content (AvgIpc) is 2.43. The molecule has 0 heterocycles. The molecule has 120 valence electrons. The molecule has 0 fully saturated rings. The van der Waals surface area contributed by atoms with Crippen LogP contribution in [0.3, 0.4) is 0 Å². The van der Waals surface area contributed by atoms with Gasteiger partial charge in [0, 0.05) is 6.42 Å². The van der Waals surface area contributed by atoms with Crippen LogP contribution in [0.15, 0.2) is 0 Å². The monoisotopic (exact) mass is 285 g/mol. The van der Waals surface area contributed by atoms with Gasteiger partial charge in [0.05, 0.1) is 0 Å². The highest BCUT2D eigenvalue weighted by molar-refractivity contribution is 5.69. The number of carbonyl (C=O) groups excluding carboxylic acids is 1. The Hall–Kier alpha value is -0.570. The lowest BCUT2D eigenvalue weighted by Gasteiger charge is -2.12. The Balaban J connectivity index is 3.26. The lowest BCUT2D eigenvalue weighted by molar-refractivity contribution is -0.149. The smallest absolute Gasteiger partial charge is 0.307 e. The van der Waals surface area contributed by atoms with Crippen LogP contribution in [0.5, 0.6) is 0 Å². The molecule has 0 aliphatic rings. The molecule has 0 spiro atoms. The fraction of sp³-hybridized carbons (Fsp3) is 0.941. The number of carbonyl (C=O) groups is 1. The second-order valence-electron chi connectivity index (χ2n) is 5.75. The van der Waals surface area contributed by atoms with Gasteiger partial charge in [-0.1, -0.05) is 71.6 Å². The second kappa shape index (κ2) is 14.8. The van der Waals surface area contributed by atoms with Crippen molar-refractivity contribution in [3.63, 3.8) is 0 Å². The van der Waals surface area contributed by atoms with Crippen molar-refractivity contribution in [2.24, 2.45) is 5.73 Å². The molecular weight excluding hydrogens is 250 g/mol. The van der Waals surface area contributed by atoms with E-state index in [0.717, 1.165) is 32.1 Å². The maximum absolute atomic E-state index is 11.5. The third-order valence-corrected chi connectivity index (χ3v) is 3.61. The van der Waals surface area contributed by atoms with E-state index in [4.69, 9.17) is 10.5 Å². The zero-order valence-electron chi connectivity index (χ0n) is 13.7. The largest absolute Gasteiger partial charge is 0.447 e. The summed E-state index contributed by atoms with van der Waals surface area (Å²) in [6, 6.07) is 0. The Morgan fingerprint density at radius 1 is 0.850 bits per heavy atom. The number of nitrogens with two attached hydrogens (primary N) is 1. The van der Waals surface area contributed by atoms with Gasteiger partial charge in [0.25, 0.3) is 0 Å². The van der Waals surface area contributed by atoms with Crippen molar-refractivity contribution in [3.8, 4) is 0 Å². The van der Waals surface area contributed by atoms with Crippen molar-refractivity contribution in [2.75, 3.05) is 0 Å². The van der Waals surface area contributed by atoms with E-state index in [-0.39, 0.29) is 5.97 Å². The van der Waals surface area contributed by atoms with Crippen LogP contribution in [-0.2, 0) is 9.53 Å². The number of rotatable bonds is 14. The summed E-state index contributed by atoms with van der Waals surface area (Å²) in [6.07, 6.45) is 14.4. The van der Waals surface area contributed by atoms with Crippen LogP contribution in [-0.4, -0.2) is 12.2 Å². The van der Waals surface area contributed by atoms with Crippen LogP contribution in [0, 0.1) is 0 Å². The average molecular weight is 285 g/mol. The third-order valence-electron chi connectivity index (χ3n) is 3.61. The van der Waals surface area contributed by atoms with Gasteiger partial charge in [-0.15, -0.1) is 0 Å². The summed E-state index contributed by atoms with van der Waals surface area (Å²) in [4.78, 5) is 11.5. The summed E-state index contributed by atoms with van der Waals surface area (Å²) in [5.41, 5.74) is 5.73. The molecule has 3 heteroatoms. The third kappa shape index (κ3) is 13.9. The Morgan fingerprint density at radius 3 is 1.90 bits per heavy atom. The summed E-state index contributed by atoms with van der Waals surface area (Å²) in [5.74, 6) is -0.128. The number of unbranched alkanes of at least 4 members (excludes halogenated alkanes) is 9. The van der Waals surface area contributed by atoms with Gasteiger partial charge in [-0.3, -0.25) is 10.5 Å². The topological polar surface area (TPSA) is 52.3 Å².